The first-order valence-electron chi connectivity index (χ1n) is 9.30. The van der Waals surface area contributed by atoms with Crippen molar-refractivity contribution in [2.24, 2.45) is 20.9 Å². The van der Waals surface area contributed by atoms with Crippen LogP contribution in [0.3, 0.4) is 0 Å². The van der Waals surface area contributed by atoms with Gasteiger partial charge in [0.05, 0.1) is 12.2 Å². The van der Waals surface area contributed by atoms with Crippen molar-refractivity contribution in [3.8, 4) is 0 Å². The predicted molar refractivity (Wildman–Crippen MR) is 107 cm³/mol. The van der Waals surface area contributed by atoms with E-state index in [1.165, 1.54) is 6.07 Å². The number of fused-ring (bicyclic) bond motifs is 1. The lowest BCUT2D eigenvalue weighted by Gasteiger charge is -2.30. The molecular formula is C19H27FN6O. The summed E-state index contributed by atoms with van der Waals surface area (Å²) in [5.74, 6) is 1.98. The molecule has 1 unspecified atom stereocenters. The quantitative estimate of drug-likeness (QED) is 0.666. The molecule has 0 fully saturated rings. The Labute approximate surface area is 159 Å². The number of para-hydroxylation sites is 1. The molecule has 0 saturated carbocycles. The van der Waals surface area contributed by atoms with Gasteiger partial charge in [0, 0.05) is 19.7 Å². The highest BCUT2D eigenvalue weighted by Crippen LogP contribution is 2.29. The fraction of sp³-hybridized carbons (Fsp3) is 0.526. The number of aliphatic hydroxyl groups excluding tert-OH is 1. The van der Waals surface area contributed by atoms with Crippen molar-refractivity contribution in [2.75, 3.05) is 31.6 Å². The maximum absolute atomic E-state index is 14.1. The molecule has 2 aliphatic heterocycles. The van der Waals surface area contributed by atoms with Gasteiger partial charge in [-0.1, -0.05) is 26.0 Å². The predicted octanol–water partition coefficient (Wildman–Crippen LogP) is 2.06. The van der Waals surface area contributed by atoms with Crippen molar-refractivity contribution in [1.29, 1.82) is 0 Å². The second-order valence-corrected chi connectivity index (χ2v) is 7.40. The Balaban J connectivity index is 1.86. The van der Waals surface area contributed by atoms with Gasteiger partial charge in [0.15, 0.2) is 0 Å². The van der Waals surface area contributed by atoms with Gasteiger partial charge in [-0.15, -0.1) is 0 Å². The minimum absolute atomic E-state index is 0.119. The van der Waals surface area contributed by atoms with Gasteiger partial charge in [-0.2, -0.15) is 4.99 Å². The van der Waals surface area contributed by atoms with Crippen LogP contribution in [0, 0.1) is 11.7 Å². The molecule has 0 saturated heterocycles. The fourth-order valence-corrected chi connectivity index (χ4v) is 3.08. The molecule has 2 heterocycles. The normalized spacial score (nSPS) is 21.6. The van der Waals surface area contributed by atoms with E-state index in [2.05, 4.69) is 34.5 Å². The van der Waals surface area contributed by atoms with Crippen LogP contribution in [0.15, 0.2) is 39.2 Å². The lowest BCUT2D eigenvalue weighted by atomic mass is 10.0. The molecule has 0 bridgehead atoms. The maximum atomic E-state index is 14.1. The Hall–Kier alpha value is -2.48. The van der Waals surface area contributed by atoms with Crippen LogP contribution in [-0.4, -0.2) is 59.5 Å². The molecule has 1 aromatic carbocycles. The SMILES string of the molecule is CC(C)CN1C(Nc2ccccc2F)=NC2(C)CN=C(NCCCO)N=C12. The summed E-state index contributed by atoms with van der Waals surface area (Å²) in [6.45, 7) is 8.12. The van der Waals surface area contributed by atoms with Crippen molar-refractivity contribution < 1.29 is 9.50 Å². The van der Waals surface area contributed by atoms with Gasteiger partial charge < -0.3 is 15.7 Å². The monoisotopic (exact) mass is 374 g/mol. The molecule has 7 nitrogen and oxygen atoms in total. The van der Waals surface area contributed by atoms with Crippen molar-refractivity contribution in [3.05, 3.63) is 30.1 Å². The second-order valence-electron chi connectivity index (χ2n) is 7.40. The fourth-order valence-electron chi connectivity index (χ4n) is 3.08. The molecule has 1 atom stereocenters. The number of nitrogens with zero attached hydrogens (tertiary/aromatic N) is 4. The first-order chi connectivity index (χ1) is 12.9. The largest absolute Gasteiger partial charge is 0.396 e. The minimum Gasteiger partial charge on any atom is -0.396 e. The summed E-state index contributed by atoms with van der Waals surface area (Å²) in [6, 6.07) is 6.55. The average Bonchev–Trinajstić information content (AvgIpc) is 2.88. The first-order valence-corrected chi connectivity index (χ1v) is 9.30. The zero-order valence-electron chi connectivity index (χ0n) is 16.0. The molecule has 0 amide bonds. The van der Waals surface area contributed by atoms with Gasteiger partial charge in [-0.05, 0) is 31.4 Å². The molecular weight excluding hydrogens is 347 g/mol. The van der Waals surface area contributed by atoms with Crippen LogP contribution in [0.5, 0.6) is 0 Å². The van der Waals surface area contributed by atoms with Gasteiger partial charge in [0.25, 0.3) is 0 Å². The van der Waals surface area contributed by atoms with Crippen LogP contribution in [-0.2, 0) is 0 Å². The highest BCUT2D eigenvalue weighted by atomic mass is 19.1. The smallest absolute Gasteiger partial charge is 0.219 e. The molecule has 3 N–H and O–H groups in total. The minimum atomic E-state index is -0.579. The summed E-state index contributed by atoms with van der Waals surface area (Å²) in [5.41, 5.74) is -0.194. The van der Waals surface area contributed by atoms with Gasteiger partial charge in [0.2, 0.25) is 11.9 Å². The van der Waals surface area contributed by atoms with Gasteiger partial charge in [-0.3, -0.25) is 4.90 Å². The Morgan fingerprint density at radius 1 is 1.33 bits per heavy atom. The molecule has 0 aromatic heterocycles. The molecule has 8 heteroatoms. The van der Waals surface area contributed by atoms with Crippen LogP contribution in [0.2, 0.25) is 0 Å². The standard InChI is InChI=1S/C19H27FN6O/c1-13(2)11-26-16-19(3,12-22-17(24-16)21-9-6-10-27)25-18(26)23-15-8-5-4-7-14(15)20/h4-5,7-8,13,27H,6,9-12H2,1-3H3,(H,21,22)(H,23,25). The van der Waals surface area contributed by atoms with E-state index in [1.807, 2.05) is 11.8 Å². The van der Waals surface area contributed by atoms with Crippen molar-refractivity contribution in [3.63, 3.8) is 0 Å². The lowest BCUT2D eigenvalue weighted by molar-refractivity contribution is 0.289. The number of halogens is 1. The van der Waals surface area contributed by atoms with Crippen LogP contribution < -0.4 is 10.6 Å². The molecule has 27 heavy (non-hydrogen) atoms. The third kappa shape index (κ3) is 4.27. The average molecular weight is 374 g/mol. The molecule has 3 rings (SSSR count). The first kappa shape index (κ1) is 19.3. The highest BCUT2D eigenvalue weighted by molar-refractivity contribution is 6.17. The number of aliphatic imine (C=N–C) groups is 3. The molecule has 0 radical (unpaired) electrons. The summed E-state index contributed by atoms with van der Waals surface area (Å²) >= 11 is 0. The van der Waals surface area contributed by atoms with Crippen LogP contribution in [0.4, 0.5) is 10.1 Å². The van der Waals surface area contributed by atoms with Crippen molar-refractivity contribution >= 4 is 23.4 Å². The number of rotatable bonds is 6. The number of aliphatic hydroxyl groups is 1. The Morgan fingerprint density at radius 3 is 2.81 bits per heavy atom. The molecule has 0 aliphatic carbocycles. The molecule has 1 aromatic rings. The van der Waals surface area contributed by atoms with Gasteiger partial charge in [0.1, 0.15) is 17.2 Å². The number of benzene rings is 1. The number of amidine groups is 1. The maximum Gasteiger partial charge on any atom is 0.219 e. The van der Waals surface area contributed by atoms with E-state index in [1.54, 1.807) is 18.2 Å². The topological polar surface area (TPSA) is 84.6 Å². The highest BCUT2D eigenvalue weighted by Gasteiger charge is 2.44. The summed E-state index contributed by atoms with van der Waals surface area (Å²) in [6.07, 6.45) is 0.632. The Kier molecular flexibility index (Phi) is 5.74. The number of nitrogens with one attached hydrogen (secondary N) is 2. The van der Waals surface area contributed by atoms with Crippen molar-refractivity contribution in [2.45, 2.75) is 32.7 Å². The van der Waals surface area contributed by atoms with E-state index in [9.17, 15) is 4.39 Å². The number of hydrogen-bond acceptors (Lipinski definition) is 7. The van der Waals surface area contributed by atoms with E-state index < -0.39 is 5.54 Å². The number of anilines is 1. The number of guanidine groups is 2. The van der Waals surface area contributed by atoms with Gasteiger partial charge >= 0.3 is 0 Å². The zero-order chi connectivity index (χ0) is 19.4. The summed E-state index contributed by atoms with van der Waals surface area (Å²) in [7, 11) is 0. The Bertz CT molecular complexity index is 775. The zero-order valence-corrected chi connectivity index (χ0v) is 16.0. The third-order valence-corrected chi connectivity index (χ3v) is 4.38. The van der Waals surface area contributed by atoms with E-state index >= 15 is 0 Å². The van der Waals surface area contributed by atoms with E-state index in [4.69, 9.17) is 10.1 Å². The van der Waals surface area contributed by atoms with E-state index in [0.717, 1.165) is 5.84 Å². The van der Waals surface area contributed by atoms with E-state index in [-0.39, 0.29) is 12.4 Å². The second kappa shape index (κ2) is 8.04. The van der Waals surface area contributed by atoms with Crippen LogP contribution in [0.1, 0.15) is 27.2 Å². The molecule has 2 aliphatic rings. The van der Waals surface area contributed by atoms with Gasteiger partial charge in [-0.25, -0.2) is 14.4 Å². The molecule has 146 valence electrons. The summed E-state index contributed by atoms with van der Waals surface area (Å²) in [4.78, 5) is 16.0. The van der Waals surface area contributed by atoms with Crippen LogP contribution in [0.25, 0.3) is 0 Å². The molecule has 0 spiro atoms. The Morgan fingerprint density at radius 2 is 2.11 bits per heavy atom. The van der Waals surface area contributed by atoms with Crippen LogP contribution >= 0.6 is 0 Å². The third-order valence-electron chi connectivity index (χ3n) is 4.38. The number of hydrogen-bond donors (Lipinski definition) is 3. The van der Waals surface area contributed by atoms with Crippen molar-refractivity contribution in [1.82, 2.24) is 10.2 Å². The summed E-state index contributed by atoms with van der Waals surface area (Å²) in [5, 5.41) is 15.2. The summed E-state index contributed by atoms with van der Waals surface area (Å²) < 4.78 is 14.1. The van der Waals surface area contributed by atoms with E-state index in [0.29, 0.717) is 49.6 Å². The lowest BCUT2D eigenvalue weighted by Crippen LogP contribution is -2.49.